The minimum Gasteiger partial charge on any atom is -0.343 e. The van der Waals surface area contributed by atoms with Crippen molar-refractivity contribution < 1.29 is 4.79 Å². The molecule has 1 amide bonds. The number of nitrogens with zero attached hydrogens (tertiary/aromatic N) is 1. The summed E-state index contributed by atoms with van der Waals surface area (Å²) in [5.41, 5.74) is 0. The van der Waals surface area contributed by atoms with Gasteiger partial charge in [-0.05, 0) is 46.6 Å². The van der Waals surface area contributed by atoms with Crippen molar-refractivity contribution in [2.45, 2.75) is 51.6 Å². The van der Waals surface area contributed by atoms with Gasteiger partial charge in [-0.1, -0.05) is 0 Å². The van der Waals surface area contributed by atoms with Crippen LogP contribution in [-0.4, -0.2) is 37.0 Å². The predicted molar refractivity (Wildman–Crippen MR) is 62.7 cm³/mol. The molecular formula is C12H24N2O. The third-order valence-electron chi connectivity index (χ3n) is 3.61. The number of hydrogen-bond acceptors (Lipinski definition) is 2. The average Bonchev–Trinajstić information content (AvgIpc) is 2.27. The smallest absolute Gasteiger partial charge is 0.225 e. The fraction of sp³-hybridized carbons (Fsp3) is 0.917. The SMILES string of the molecule is CNC1CCC(C(=O)N(C)C(C)C)CC1. The standard InChI is InChI=1S/C12H24N2O/c1-9(2)14(4)12(15)10-5-7-11(13-3)8-6-10/h9-11,13H,5-8H2,1-4H3. The van der Waals surface area contributed by atoms with Gasteiger partial charge in [-0.2, -0.15) is 0 Å². The van der Waals surface area contributed by atoms with Gasteiger partial charge < -0.3 is 10.2 Å². The van der Waals surface area contributed by atoms with E-state index < -0.39 is 0 Å². The van der Waals surface area contributed by atoms with Crippen molar-refractivity contribution in [1.82, 2.24) is 10.2 Å². The van der Waals surface area contributed by atoms with Crippen molar-refractivity contribution >= 4 is 5.91 Å². The number of carbonyl (C=O) groups is 1. The third-order valence-corrected chi connectivity index (χ3v) is 3.61. The van der Waals surface area contributed by atoms with E-state index in [4.69, 9.17) is 0 Å². The van der Waals surface area contributed by atoms with E-state index in [9.17, 15) is 4.79 Å². The minimum atomic E-state index is 0.266. The second-order valence-corrected chi connectivity index (χ2v) is 4.88. The Morgan fingerprint density at radius 3 is 2.20 bits per heavy atom. The molecule has 0 radical (unpaired) electrons. The van der Waals surface area contributed by atoms with E-state index in [0.717, 1.165) is 25.7 Å². The normalized spacial score (nSPS) is 26.7. The largest absolute Gasteiger partial charge is 0.343 e. The summed E-state index contributed by atoms with van der Waals surface area (Å²) in [6, 6.07) is 0.943. The Morgan fingerprint density at radius 1 is 1.27 bits per heavy atom. The maximum atomic E-state index is 12.0. The lowest BCUT2D eigenvalue weighted by Crippen LogP contribution is -2.41. The maximum absolute atomic E-state index is 12.0. The zero-order valence-electron chi connectivity index (χ0n) is 10.4. The Hall–Kier alpha value is -0.570. The average molecular weight is 212 g/mol. The fourth-order valence-electron chi connectivity index (χ4n) is 2.17. The van der Waals surface area contributed by atoms with Crippen LogP contribution in [0, 0.1) is 5.92 Å². The molecule has 3 heteroatoms. The maximum Gasteiger partial charge on any atom is 0.225 e. The first kappa shape index (κ1) is 12.5. The van der Waals surface area contributed by atoms with Crippen LogP contribution in [0.2, 0.25) is 0 Å². The van der Waals surface area contributed by atoms with Gasteiger partial charge in [0.25, 0.3) is 0 Å². The monoisotopic (exact) mass is 212 g/mol. The zero-order valence-corrected chi connectivity index (χ0v) is 10.4. The molecule has 0 bridgehead atoms. The Bertz CT molecular complexity index is 208. The number of hydrogen-bond donors (Lipinski definition) is 1. The van der Waals surface area contributed by atoms with E-state index in [0.29, 0.717) is 18.0 Å². The van der Waals surface area contributed by atoms with Gasteiger partial charge in [0.05, 0.1) is 0 Å². The molecule has 1 aliphatic carbocycles. The molecule has 1 saturated carbocycles. The van der Waals surface area contributed by atoms with E-state index >= 15 is 0 Å². The molecule has 3 nitrogen and oxygen atoms in total. The van der Waals surface area contributed by atoms with E-state index in [-0.39, 0.29) is 5.92 Å². The number of amides is 1. The first-order valence-electron chi connectivity index (χ1n) is 6.00. The third kappa shape index (κ3) is 3.20. The topological polar surface area (TPSA) is 32.3 Å². The highest BCUT2D eigenvalue weighted by molar-refractivity contribution is 5.78. The summed E-state index contributed by atoms with van der Waals surface area (Å²) < 4.78 is 0. The van der Waals surface area contributed by atoms with Crippen LogP contribution in [0.4, 0.5) is 0 Å². The summed E-state index contributed by atoms with van der Waals surface area (Å²) in [5.74, 6) is 0.599. The Balaban J connectivity index is 2.42. The molecule has 0 unspecified atom stereocenters. The van der Waals surface area contributed by atoms with Crippen molar-refractivity contribution in [1.29, 1.82) is 0 Å². The Kier molecular flexibility index (Phi) is 4.58. The van der Waals surface area contributed by atoms with Gasteiger partial charge in [0, 0.05) is 25.0 Å². The molecule has 0 aliphatic heterocycles. The second kappa shape index (κ2) is 5.50. The highest BCUT2D eigenvalue weighted by Crippen LogP contribution is 2.25. The van der Waals surface area contributed by atoms with Crippen LogP contribution in [0.15, 0.2) is 0 Å². The summed E-state index contributed by atoms with van der Waals surface area (Å²) >= 11 is 0. The van der Waals surface area contributed by atoms with Gasteiger partial charge in [0.1, 0.15) is 0 Å². The van der Waals surface area contributed by atoms with E-state index in [2.05, 4.69) is 19.2 Å². The lowest BCUT2D eigenvalue weighted by atomic mass is 9.85. The van der Waals surface area contributed by atoms with Crippen LogP contribution in [-0.2, 0) is 4.79 Å². The molecule has 0 heterocycles. The predicted octanol–water partition coefficient (Wildman–Crippen LogP) is 1.63. The van der Waals surface area contributed by atoms with E-state index in [1.807, 2.05) is 19.0 Å². The molecule has 0 aromatic heterocycles. The molecule has 0 aromatic rings. The molecule has 0 spiro atoms. The lowest BCUT2D eigenvalue weighted by Gasteiger charge is -2.31. The molecule has 0 atom stereocenters. The van der Waals surface area contributed by atoms with Crippen LogP contribution in [0.1, 0.15) is 39.5 Å². The Labute approximate surface area is 93.2 Å². The van der Waals surface area contributed by atoms with Gasteiger partial charge in [0.15, 0.2) is 0 Å². The van der Waals surface area contributed by atoms with Crippen molar-refractivity contribution in [3.63, 3.8) is 0 Å². The van der Waals surface area contributed by atoms with Crippen LogP contribution < -0.4 is 5.32 Å². The first-order chi connectivity index (χ1) is 7.06. The van der Waals surface area contributed by atoms with Gasteiger partial charge in [-0.15, -0.1) is 0 Å². The molecule has 1 fully saturated rings. The van der Waals surface area contributed by atoms with Gasteiger partial charge >= 0.3 is 0 Å². The molecule has 1 N–H and O–H groups in total. The molecule has 15 heavy (non-hydrogen) atoms. The quantitative estimate of drug-likeness (QED) is 0.771. The fourth-order valence-corrected chi connectivity index (χ4v) is 2.17. The first-order valence-corrected chi connectivity index (χ1v) is 6.00. The summed E-state index contributed by atoms with van der Waals surface area (Å²) in [6.07, 6.45) is 4.36. The number of nitrogens with one attached hydrogen (secondary N) is 1. The van der Waals surface area contributed by atoms with Crippen LogP contribution >= 0.6 is 0 Å². The van der Waals surface area contributed by atoms with Crippen molar-refractivity contribution in [3.05, 3.63) is 0 Å². The van der Waals surface area contributed by atoms with Gasteiger partial charge in [-0.25, -0.2) is 0 Å². The van der Waals surface area contributed by atoms with E-state index in [1.165, 1.54) is 0 Å². The summed E-state index contributed by atoms with van der Waals surface area (Å²) in [4.78, 5) is 13.9. The molecule has 1 aliphatic rings. The number of carbonyl (C=O) groups excluding carboxylic acids is 1. The molecule has 88 valence electrons. The molecular weight excluding hydrogens is 188 g/mol. The van der Waals surface area contributed by atoms with Crippen LogP contribution in [0.3, 0.4) is 0 Å². The zero-order chi connectivity index (χ0) is 11.4. The van der Waals surface area contributed by atoms with Crippen LogP contribution in [0.5, 0.6) is 0 Å². The van der Waals surface area contributed by atoms with Crippen molar-refractivity contribution in [2.24, 2.45) is 5.92 Å². The molecule has 1 rings (SSSR count). The summed E-state index contributed by atoms with van der Waals surface area (Å²) in [5, 5.41) is 3.29. The number of rotatable bonds is 3. The summed E-state index contributed by atoms with van der Waals surface area (Å²) in [7, 11) is 3.92. The lowest BCUT2D eigenvalue weighted by molar-refractivity contribution is -0.136. The minimum absolute atomic E-state index is 0.266. The van der Waals surface area contributed by atoms with Crippen molar-refractivity contribution in [2.75, 3.05) is 14.1 Å². The summed E-state index contributed by atoms with van der Waals surface area (Å²) in [6.45, 7) is 4.13. The molecule has 0 saturated heterocycles. The van der Waals surface area contributed by atoms with Gasteiger partial charge in [-0.3, -0.25) is 4.79 Å². The van der Waals surface area contributed by atoms with E-state index in [1.54, 1.807) is 0 Å². The molecule has 0 aromatic carbocycles. The van der Waals surface area contributed by atoms with Crippen molar-refractivity contribution in [3.8, 4) is 0 Å². The highest BCUT2D eigenvalue weighted by Gasteiger charge is 2.28. The Morgan fingerprint density at radius 2 is 1.80 bits per heavy atom. The second-order valence-electron chi connectivity index (χ2n) is 4.88. The van der Waals surface area contributed by atoms with Gasteiger partial charge in [0.2, 0.25) is 5.91 Å². The van der Waals surface area contributed by atoms with Crippen LogP contribution in [0.25, 0.3) is 0 Å². The highest BCUT2D eigenvalue weighted by atomic mass is 16.2.